The molecule has 0 spiro atoms. The molecule has 0 radical (unpaired) electrons. The van der Waals surface area contributed by atoms with E-state index < -0.39 is 13.6 Å². The fourth-order valence-electron chi connectivity index (χ4n) is 0.324. The van der Waals surface area contributed by atoms with Crippen LogP contribution in [0, 0.1) is 0 Å². The lowest BCUT2D eigenvalue weighted by molar-refractivity contribution is -0.145. The van der Waals surface area contributed by atoms with Crippen molar-refractivity contribution in [3.05, 3.63) is 0 Å². The maximum atomic E-state index is 10.2. The summed E-state index contributed by atoms with van der Waals surface area (Å²) in [7, 11) is -3.13. The maximum Gasteiger partial charge on any atom is 0.472 e. The highest BCUT2D eigenvalue weighted by atomic mass is 31.2. The van der Waals surface area contributed by atoms with E-state index in [4.69, 9.17) is 9.79 Å². The molecule has 0 saturated carbocycles. The number of hydrogen-bond donors (Lipinski definition) is 2. The van der Waals surface area contributed by atoms with Gasteiger partial charge in [0.05, 0.1) is 0 Å². The van der Waals surface area contributed by atoms with Crippen molar-refractivity contribution in [2.45, 2.75) is 19.6 Å². The van der Waals surface area contributed by atoms with Gasteiger partial charge >= 0.3 is 7.82 Å². The van der Waals surface area contributed by atoms with Gasteiger partial charge in [-0.2, -0.15) is 0 Å². The normalized spacial score (nSPS) is 13.7. The van der Waals surface area contributed by atoms with Gasteiger partial charge in [-0.05, 0) is 13.8 Å². The van der Waals surface area contributed by atoms with E-state index in [-0.39, 0.29) is 0 Å². The van der Waals surface area contributed by atoms with Crippen LogP contribution in [0.5, 0.6) is 0 Å². The second-order valence-electron chi connectivity index (χ2n) is 2.19. The van der Waals surface area contributed by atoms with Gasteiger partial charge < -0.3 is 14.5 Å². The molecule has 6 heteroatoms. The Kier molecular flexibility index (Phi) is 3.00. The Morgan fingerprint density at radius 2 is 1.80 bits per heavy atom. The third-order valence-electron chi connectivity index (χ3n) is 0.830. The van der Waals surface area contributed by atoms with E-state index in [1.54, 1.807) is 0 Å². The van der Waals surface area contributed by atoms with Gasteiger partial charge in [0.2, 0.25) is 0 Å². The molecule has 0 unspecified atom stereocenters. The zero-order valence-electron chi connectivity index (χ0n) is 6.07. The third-order valence-corrected chi connectivity index (χ3v) is 1.51. The quantitative estimate of drug-likeness (QED) is 0.475. The van der Waals surface area contributed by atoms with E-state index in [9.17, 15) is 4.57 Å². The molecule has 0 saturated heterocycles. The molecule has 0 amide bonds. The van der Waals surface area contributed by atoms with Gasteiger partial charge in [0.25, 0.3) is 0 Å². The van der Waals surface area contributed by atoms with Crippen LogP contribution >= 0.6 is 7.82 Å². The third kappa shape index (κ3) is 4.90. The SMILES string of the molecule is COC(C)(C)OP(=O)(O)O. The molecule has 2 N–H and O–H groups in total. The second-order valence-corrected chi connectivity index (χ2v) is 3.35. The summed E-state index contributed by atoms with van der Waals surface area (Å²) in [5.41, 5.74) is 0. The van der Waals surface area contributed by atoms with Gasteiger partial charge in [-0.15, -0.1) is 0 Å². The van der Waals surface area contributed by atoms with E-state index in [0.29, 0.717) is 0 Å². The van der Waals surface area contributed by atoms with E-state index in [1.807, 2.05) is 0 Å². The van der Waals surface area contributed by atoms with Crippen LogP contribution in [0.15, 0.2) is 0 Å². The summed E-state index contributed by atoms with van der Waals surface area (Å²) in [4.78, 5) is 16.6. The molecule has 0 aliphatic carbocycles. The largest absolute Gasteiger partial charge is 0.472 e. The summed E-state index contributed by atoms with van der Waals surface area (Å²) in [6.45, 7) is 2.82. The molecule has 0 aromatic carbocycles. The summed E-state index contributed by atoms with van der Waals surface area (Å²) in [5, 5.41) is 0. The molecule has 0 atom stereocenters. The molecule has 0 bridgehead atoms. The van der Waals surface area contributed by atoms with E-state index in [2.05, 4.69) is 9.26 Å². The topological polar surface area (TPSA) is 76.0 Å². The number of phosphoric acid groups is 1. The minimum absolute atomic E-state index is 1.24. The van der Waals surface area contributed by atoms with Crippen LogP contribution in [0.3, 0.4) is 0 Å². The lowest BCUT2D eigenvalue weighted by atomic mass is 10.4. The fourth-order valence-corrected chi connectivity index (χ4v) is 0.971. The summed E-state index contributed by atoms with van der Waals surface area (Å²) in [6.07, 6.45) is 0. The van der Waals surface area contributed by atoms with Gasteiger partial charge in [0.15, 0.2) is 5.79 Å². The first kappa shape index (κ1) is 10.1. The number of rotatable bonds is 3. The van der Waals surface area contributed by atoms with Crippen LogP contribution in [0.25, 0.3) is 0 Å². The molecule has 0 aromatic rings. The Labute approximate surface area is 59.2 Å². The summed E-state index contributed by atoms with van der Waals surface area (Å²) in [6, 6.07) is 0. The molecule has 0 aliphatic rings. The maximum absolute atomic E-state index is 10.2. The monoisotopic (exact) mass is 170 g/mol. The lowest BCUT2D eigenvalue weighted by Gasteiger charge is -2.22. The van der Waals surface area contributed by atoms with Crippen LogP contribution in [0.2, 0.25) is 0 Å². The number of phosphoric ester groups is 1. The standard InChI is InChI=1S/C4H11O5P/c1-4(2,8-3)9-10(5,6)7/h1-3H3,(H2,5,6,7). The molecule has 5 nitrogen and oxygen atoms in total. The van der Waals surface area contributed by atoms with Crippen LogP contribution in [0.1, 0.15) is 13.8 Å². The fraction of sp³-hybridized carbons (Fsp3) is 1.00. The van der Waals surface area contributed by atoms with Gasteiger partial charge in [-0.25, -0.2) is 4.57 Å². The van der Waals surface area contributed by atoms with Crippen molar-refractivity contribution in [1.29, 1.82) is 0 Å². The van der Waals surface area contributed by atoms with Crippen LogP contribution < -0.4 is 0 Å². The molecule has 0 heterocycles. The van der Waals surface area contributed by atoms with Gasteiger partial charge in [-0.1, -0.05) is 0 Å². The zero-order chi connectivity index (χ0) is 8.41. The van der Waals surface area contributed by atoms with Crippen molar-refractivity contribution in [1.82, 2.24) is 0 Å². The van der Waals surface area contributed by atoms with Gasteiger partial charge in [-0.3, -0.25) is 4.52 Å². The molecular weight excluding hydrogens is 159 g/mol. The average molecular weight is 170 g/mol. The Bertz CT molecular complexity index is 148. The van der Waals surface area contributed by atoms with Gasteiger partial charge in [0, 0.05) is 7.11 Å². The smallest absolute Gasteiger partial charge is 0.353 e. The number of hydrogen-bond acceptors (Lipinski definition) is 3. The minimum Gasteiger partial charge on any atom is -0.353 e. The predicted molar refractivity (Wildman–Crippen MR) is 34.2 cm³/mol. The summed E-state index contributed by atoms with van der Waals surface area (Å²) >= 11 is 0. The molecule has 0 fully saturated rings. The first-order valence-corrected chi connectivity index (χ1v) is 4.11. The van der Waals surface area contributed by atoms with E-state index in [0.717, 1.165) is 0 Å². The predicted octanol–water partition coefficient (Wildman–Crippen LogP) is 0.478. The second kappa shape index (κ2) is 2.98. The Balaban J connectivity index is 4.02. The van der Waals surface area contributed by atoms with Crippen molar-refractivity contribution in [2.75, 3.05) is 7.11 Å². The Morgan fingerprint density at radius 3 is 1.90 bits per heavy atom. The lowest BCUT2D eigenvalue weighted by Crippen LogP contribution is -2.24. The van der Waals surface area contributed by atoms with Crippen molar-refractivity contribution in [2.24, 2.45) is 0 Å². The molecule has 10 heavy (non-hydrogen) atoms. The molecule has 0 aliphatic heterocycles. The van der Waals surface area contributed by atoms with E-state index >= 15 is 0 Å². The highest BCUT2D eigenvalue weighted by molar-refractivity contribution is 7.46. The number of methoxy groups -OCH3 is 1. The van der Waals surface area contributed by atoms with Crippen molar-refractivity contribution in [3.8, 4) is 0 Å². The van der Waals surface area contributed by atoms with Crippen molar-refractivity contribution in [3.63, 3.8) is 0 Å². The van der Waals surface area contributed by atoms with Crippen LogP contribution in [-0.2, 0) is 13.8 Å². The summed E-state index contributed by atoms with van der Waals surface area (Å²) < 4.78 is 19.0. The van der Waals surface area contributed by atoms with Crippen LogP contribution in [-0.4, -0.2) is 22.7 Å². The minimum atomic E-state index is -4.43. The Hall–Kier alpha value is 0.0700. The first-order chi connectivity index (χ1) is 4.27. The average Bonchev–Trinajstić information content (AvgIpc) is 1.60. The van der Waals surface area contributed by atoms with Gasteiger partial charge in [0.1, 0.15) is 0 Å². The number of ether oxygens (including phenoxy) is 1. The molecule has 62 valence electrons. The van der Waals surface area contributed by atoms with E-state index in [1.165, 1.54) is 21.0 Å². The molecule has 0 rings (SSSR count). The Morgan fingerprint density at radius 1 is 1.40 bits per heavy atom. The first-order valence-electron chi connectivity index (χ1n) is 2.58. The highest BCUT2D eigenvalue weighted by Gasteiger charge is 2.28. The summed E-state index contributed by atoms with van der Waals surface area (Å²) in [5.74, 6) is -1.24. The molecular formula is C4H11O5P. The van der Waals surface area contributed by atoms with Crippen LogP contribution in [0.4, 0.5) is 0 Å². The highest BCUT2D eigenvalue weighted by Crippen LogP contribution is 2.41. The molecule has 0 aromatic heterocycles. The van der Waals surface area contributed by atoms with Crippen molar-refractivity contribution >= 4 is 7.82 Å². The van der Waals surface area contributed by atoms with Crippen molar-refractivity contribution < 1.29 is 23.6 Å². The zero-order valence-corrected chi connectivity index (χ0v) is 6.96.